The van der Waals surface area contributed by atoms with Crippen LogP contribution in [-0.2, 0) is 13.2 Å². The number of hydrogen-bond donors (Lipinski definition) is 2. The zero-order valence-corrected chi connectivity index (χ0v) is 21.5. The number of carbonyl (C=O) groups is 2. The monoisotopic (exact) mass is 516 g/mol. The number of rotatable bonds is 8. The Labute approximate surface area is 226 Å². The number of hydrogen-bond acceptors (Lipinski definition) is 4. The number of H-pyrrole nitrogens is 2. The molecular weight excluding hydrogens is 488 g/mol. The van der Waals surface area contributed by atoms with E-state index in [0.717, 1.165) is 57.0 Å². The van der Waals surface area contributed by atoms with E-state index >= 15 is 0 Å². The molecule has 194 valence electrons. The molecule has 2 heterocycles. The minimum atomic E-state index is 0.520. The molecule has 6 heteroatoms. The summed E-state index contributed by atoms with van der Waals surface area (Å²) in [5.41, 5.74) is 6.66. The van der Waals surface area contributed by atoms with Crippen molar-refractivity contribution in [1.82, 2.24) is 9.97 Å². The van der Waals surface area contributed by atoms with E-state index in [1.54, 1.807) is 12.4 Å². The minimum absolute atomic E-state index is 0.520. The van der Waals surface area contributed by atoms with Gasteiger partial charge in [-0.05, 0) is 54.4 Å². The third-order valence-corrected chi connectivity index (χ3v) is 6.40. The van der Waals surface area contributed by atoms with Gasteiger partial charge in [-0.15, -0.1) is 0 Å². The van der Waals surface area contributed by atoms with Gasteiger partial charge in [0.05, 0.1) is 0 Å². The highest BCUT2D eigenvalue weighted by molar-refractivity contribution is 5.98. The molecule has 2 aromatic heterocycles. The maximum absolute atomic E-state index is 10.9. The maximum atomic E-state index is 10.9. The molecule has 0 saturated heterocycles. The SMILES string of the molecule is Cc1ccc(COc2ccc3[nH]cc(C=O)c3c2)cc1.O=Cc1c[nH]c2ccc(OCc3ccccc3)cc12. The molecule has 0 saturated carbocycles. The van der Waals surface area contributed by atoms with Gasteiger partial charge in [-0.3, -0.25) is 9.59 Å². The predicted octanol–water partition coefficient (Wildman–Crippen LogP) is 7.43. The summed E-state index contributed by atoms with van der Waals surface area (Å²) in [5, 5.41) is 1.78. The molecule has 0 aliphatic rings. The van der Waals surface area contributed by atoms with Gasteiger partial charge in [0, 0.05) is 45.3 Å². The van der Waals surface area contributed by atoms with E-state index in [0.29, 0.717) is 24.3 Å². The molecule has 6 rings (SSSR count). The molecule has 0 aliphatic carbocycles. The van der Waals surface area contributed by atoms with Gasteiger partial charge >= 0.3 is 0 Å². The number of fused-ring (bicyclic) bond motifs is 2. The summed E-state index contributed by atoms with van der Waals surface area (Å²) in [6, 6.07) is 29.7. The Hall–Kier alpha value is -5.10. The molecular formula is C33H28N2O4. The van der Waals surface area contributed by atoms with Crippen molar-refractivity contribution in [3.63, 3.8) is 0 Å². The molecule has 39 heavy (non-hydrogen) atoms. The molecule has 0 spiro atoms. The lowest BCUT2D eigenvalue weighted by Crippen LogP contribution is -1.95. The van der Waals surface area contributed by atoms with Crippen LogP contribution in [-0.4, -0.2) is 22.5 Å². The molecule has 0 radical (unpaired) electrons. The molecule has 0 unspecified atom stereocenters. The summed E-state index contributed by atoms with van der Waals surface area (Å²) in [4.78, 5) is 28.0. The van der Waals surface area contributed by atoms with Crippen molar-refractivity contribution in [2.75, 3.05) is 0 Å². The summed E-state index contributed by atoms with van der Waals surface area (Å²) in [7, 11) is 0. The summed E-state index contributed by atoms with van der Waals surface area (Å²) in [5.74, 6) is 1.53. The Morgan fingerprint density at radius 2 is 1.10 bits per heavy atom. The Balaban J connectivity index is 0.000000158. The van der Waals surface area contributed by atoms with Gasteiger partial charge < -0.3 is 19.4 Å². The number of carbonyl (C=O) groups excluding carboxylic acids is 2. The van der Waals surface area contributed by atoms with E-state index in [-0.39, 0.29) is 0 Å². The Kier molecular flexibility index (Phi) is 7.84. The van der Waals surface area contributed by atoms with E-state index < -0.39 is 0 Å². The second-order valence-electron chi connectivity index (χ2n) is 9.19. The van der Waals surface area contributed by atoms with Crippen molar-refractivity contribution >= 4 is 34.4 Å². The van der Waals surface area contributed by atoms with Crippen LogP contribution in [0.1, 0.15) is 37.4 Å². The lowest BCUT2D eigenvalue weighted by molar-refractivity contribution is 0.111. The van der Waals surface area contributed by atoms with Crippen molar-refractivity contribution in [2.45, 2.75) is 20.1 Å². The molecule has 0 amide bonds. The lowest BCUT2D eigenvalue weighted by Gasteiger charge is -2.07. The first-order chi connectivity index (χ1) is 19.1. The van der Waals surface area contributed by atoms with Gasteiger partial charge in [-0.2, -0.15) is 0 Å². The fraction of sp³-hybridized carbons (Fsp3) is 0.0909. The number of aromatic nitrogens is 2. The standard InChI is InChI=1S/C17H15NO2.C16H13NO2/c1-12-2-4-13(5-3-12)11-20-15-6-7-17-16(8-15)14(10-19)9-18-17;18-10-13-9-17-16-7-6-14(8-15(13)16)19-11-12-4-2-1-3-5-12/h2-10,18H,11H2,1H3;1-10,17H,11H2. The first-order valence-corrected chi connectivity index (χ1v) is 12.6. The van der Waals surface area contributed by atoms with Crippen molar-refractivity contribution in [3.8, 4) is 11.5 Å². The first kappa shape index (κ1) is 25.5. The van der Waals surface area contributed by atoms with Gasteiger partial charge in [-0.25, -0.2) is 0 Å². The molecule has 6 aromatic rings. The molecule has 0 bridgehead atoms. The van der Waals surface area contributed by atoms with Gasteiger partial charge in [-0.1, -0.05) is 60.2 Å². The summed E-state index contributed by atoms with van der Waals surface area (Å²) >= 11 is 0. The van der Waals surface area contributed by atoms with E-state index in [1.165, 1.54) is 5.56 Å². The topological polar surface area (TPSA) is 84.2 Å². The van der Waals surface area contributed by atoms with E-state index in [9.17, 15) is 9.59 Å². The average molecular weight is 517 g/mol. The Morgan fingerprint density at radius 1 is 0.615 bits per heavy atom. The van der Waals surface area contributed by atoms with Crippen LogP contribution >= 0.6 is 0 Å². The molecule has 0 fully saturated rings. The highest BCUT2D eigenvalue weighted by Gasteiger charge is 2.06. The Bertz CT molecular complexity index is 1700. The van der Waals surface area contributed by atoms with Gasteiger partial charge in [0.1, 0.15) is 24.7 Å². The fourth-order valence-electron chi connectivity index (χ4n) is 4.21. The quantitative estimate of drug-likeness (QED) is 0.206. The van der Waals surface area contributed by atoms with E-state index in [2.05, 4.69) is 41.2 Å². The second kappa shape index (κ2) is 12.0. The van der Waals surface area contributed by atoms with Gasteiger partial charge in [0.25, 0.3) is 0 Å². The minimum Gasteiger partial charge on any atom is -0.489 e. The molecule has 2 N–H and O–H groups in total. The van der Waals surface area contributed by atoms with Crippen LogP contribution in [0.25, 0.3) is 21.8 Å². The Morgan fingerprint density at radius 3 is 1.59 bits per heavy atom. The number of ether oxygens (including phenoxy) is 2. The van der Waals surface area contributed by atoms with Gasteiger partial charge in [0.2, 0.25) is 0 Å². The van der Waals surface area contributed by atoms with Gasteiger partial charge in [0.15, 0.2) is 12.6 Å². The molecule has 0 aliphatic heterocycles. The van der Waals surface area contributed by atoms with Crippen LogP contribution in [0.15, 0.2) is 103 Å². The first-order valence-electron chi connectivity index (χ1n) is 12.6. The number of aldehydes is 2. The van der Waals surface area contributed by atoms with Crippen LogP contribution in [0.4, 0.5) is 0 Å². The number of benzene rings is 4. The molecule has 0 atom stereocenters. The normalized spacial score (nSPS) is 10.6. The van der Waals surface area contributed by atoms with Crippen molar-refractivity contribution in [2.24, 2.45) is 0 Å². The van der Waals surface area contributed by atoms with Crippen molar-refractivity contribution < 1.29 is 19.1 Å². The highest BCUT2D eigenvalue weighted by Crippen LogP contribution is 2.24. The predicted molar refractivity (Wildman–Crippen MR) is 154 cm³/mol. The zero-order chi connectivity index (χ0) is 27.0. The van der Waals surface area contributed by atoms with E-state index in [1.807, 2.05) is 66.7 Å². The summed E-state index contributed by atoms with van der Waals surface area (Å²) in [6.45, 7) is 3.10. The maximum Gasteiger partial charge on any atom is 0.152 e. The number of aryl methyl sites for hydroxylation is 1. The van der Waals surface area contributed by atoms with Crippen LogP contribution < -0.4 is 9.47 Å². The third-order valence-electron chi connectivity index (χ3n) is 6.40. The summed E-state index contributed by atoms with van der Waals surface area (Å²) < 4.78 is 11.5. The van der Waals surface area contributed by atoms with Crippen molar-refractivity contribution in [1.29, 1.82) is 0 Å². The zero-order valence-electron chi connectivity index (χ0n) is 21.5. The average Bonchev–Trinajstić information content (AvgIpc) is 3.59. The molecule has 4 aromatic carbocycles. The largest absolute Gasteiger partial charge is 0.489 e. The second-order valence-corrected chi connectivity index (χ2v) is 9.19. The van der Waals surface area contributed by atoms with Crippen molar-refractivity contribution in [3.05, 3.63) is 131 Å². The van der Waals surface area contributed by atoms with Crippen LogP contribution in [0.3, 0.4) is 0 Å². The third kappa shape index (κ3) is 6.25. The summed E-state index contributed by atoms with van der Waals surface area (Å²) in [6.07, 6.45) is 5.11. The van der Waals surface area contributed by atoms with Crippen LogP contribution in [0.5, 0.6) is 11.5 Å². The lowest BCUT2D eigenvalue weighted by atomic mass is 10.1. The number of aromatic amines is 2. The number of nitrogens with one attached hydrogen (secondary N) is 2. The molecule has 6 nitrogen and oxygen atoms in total. The van der Waals surface area contributed by atoms with Crippen LogP contribution in [0, 0.1) is 6.92 Å². The smallest absolute Gasteiger partial charge is 0.152 e. The highest BCUT2D eigenvalue weighted by atomic mass is 16.5. The van der Waals surface area contributed by atoms with E-state index in [4.69, 9.17) is 9.47 Å². The van der Waals surface area contributed by atoms with Crippen LogP contribution in [0.2, 0.25) is 0 Å². The fourth-order valence-corrected chi connectivity index (χ4v) is 4.21.